The minimum atomic E-state index is -4.73. The molecule has 1 saturated heterocycles. The molecule has 0 aromatic heterocycles. The highest BCUT2D eigenvalue weighted by atomic mass is 19.4. The number of amides is 2. The van der Waals surface area contributed by atoms with Gasteiger partial charge in [0, 0.05) is 12.7 Å². The molecule has 0 N–H and O–H groups in total. The van der Waals surface area contributed by atoms with Crippen molar-refractivity contribution in [3.63, 3.8) is 0 Å². The van der Waals surface area contributed by atoms with Gasteiger partial charge in [-0.25, -0.2) is 9.59 Å². The summed E-state index contributed by atoms with van der Waals surface area (Å²) in [6.07, 6.45) is -4.73. The summed E-state index contributed by atoms with van der Waals surface area (Å²) >= 11 is 0. The van der Waals surface area contributed by atoms with Crippen LogP contribution in [0, 0.1) is 11.3 Å². The summed E-state index contributed by atoms with van der Waals surface area (Å²) in [5, 5.41) is 8.82. The summed E-state index contributed by atoms with van der Waals surface area (Å²) in [5.41, 5.74) is -3.05. The Morgan fingerprint density at radius 1 is 1.42 bits per heavy atom. The molecule has 2 amide bonds. The van der Waals surface area contributed by atoms with Gasteiger partial charge in [-0.2, -0.15) is 18.4 Å². The van der Waals surface area contributed by atoms with Crippen molar-refractivity contribution in [3.8, 4) is 6.07 Å². The molecule has 128 valence electrons. The number of hydrogen-bond acceptors (Lipinski definition) is 4. The molecule has 6 nitrogen and oxygen atoms in total. The normalized spacial score (nSPS) is 21.0. The molecule has 2 rings (SSSR count). The summed E-state index contributed by atoms with van der Waals surface area (Å²) in [6, 6.07) is 3.80. The number of nitrogens with zero attached hydrogens (tertiary/aromatic N) is 3. The van der Waals surface area contributed by atoms with Crippen LogP contribution in [0.3, 0.4) is 0 Å². The van der Waals surface area contributed by atoms with E-state index >= 15 is 0 Å². The first-order valence-electron chi connectivity index (χ1n) is 6.81. The fourth-order valence-corrected chi connectivity index (χ4v) is 2.53. The average molecular weight is 341 g/mol. The first kappa shape index (κ1) is 17.6. The Hall–Kier alpha value is -2.76. The first-order valence-corrected chi connectivity index (χ1v) is 6.81. The van der Waals surface area contributed by atoms with E-state index in [0.717, 1.165) is 29.0 Å². The van der Waals surface area contributed by atoms with Gasteiger partial charge >= 0.3 is 18.2 Å². The number of hydrogen-bond donors (Lipinski definition) is 0. The highest BCUT2D eigenvalue weighted by Gasteiger charge is 2.51. The lowest BCUT2D eigenvalue weighted by Gasteiger charge is -2.26. The average Bonchev–Trinajstić information content (AvgIpc) is 2.78. The van der Waals surface area contributed by atoms with E-state index in [-0.39, 0.29) is 12.2 Å². The van der Waals surface area contributed by atoms with Gasteiger partial charge in [-0.05, 0) is 25.1 Å². The van der Waals surface area contributed by atoms with E-state index < -0.39 is 34.8 Å². The predicted octanol–water partition coefficient (Wildman–Crippen LogP) is 2.38. The Labute approximate surface area is 136 Å². The van der Waals surface area contributed by atoms with Gasteiger partial charge in [0.15, 0.2) is 5.54 Å². The third kappa shape index (κ3) is 2.64. The fourth-order valence-electron chi connectivity index (χ4n) is 2.53. The molecule has 1 heterocycles. The van der Waals surface area contributed by atoms with Crippen molar-refractivity contribution in [2.45, 2.75) is 18.6 Å². The molecule has 1 fully saturated rings. The number of carbonyl (C=O) groups is 2. The lowest BCUT2D eigenvalue weighted by Crippen LogP contribution is -2.49. The maximum atomic E-state index is 13.1. The predicted molar refractivity (Wildman–Crippen MR) is 77.1 cm³/mol. The fraction of sp³-hybridized carbons (Fsp3) is 0.400. The van der Waals surface area contributed by atoms with E-state index in [1.165, 1.54) is 26.1 Å². The zero-order valence-electron chi connectivity index (χ0n) is 13.1. The Kier molecular flexibility index (Phi) is 4.18. The number of carbonyl (C=O) groups excluding carboxylic acids is 2. The number of urea groups is 1. The molecule has 9 heteroatoms. The minimum absolute atomic E-state index is 0.0502. The second kappa shape index (κ2) is 5.70. The van der Waals surface area contributed by atoms with Gasteiger partial charge in [-0.3, -0.25) is 4.90 Å². The number of rotatable bonds is 2. The quantitative estimate of drug-likeness (QED) is 0.774. The number of alkyl halides is 3. The molecule has 1 unspecified atom stereocenters. The third-order valence-electron chi connectivity index (χ3n) is 4.09. The molecule has 0 spiro atoms. The summed E-state index contributed by atoms with van der Waals surface area (Å²) < 4.78 is 43.9. The van der Waals surface area contributed by atoms with Gasteiger partial charge < -0.3 is 9.64 Å². The van der Waals surface area contributed by atoms with Crippen molar-refractivity contribution in [3.05, 3.63) is 29.3 Å². The minimum Gasteiger partial charge on any atom is -0.467 e. The van der Waals surface area contributed by atoms with E-state index in [2.05, 4.69) is 4.74 Å². The maximum Gasteiger partial charge on any atom is 0.417 e. The Balaban J connectivity index is 2.49. The Morgan fingerprint density at radius 3 is 2.54 bits per heavy atom. The van der Waals surface area contributed by atoms with Crippen molar-refractivity contribution in [1.29, 1.82) is 5.26 Å². The number of ether oxygens (including phenoxy) is 1. The molecule has 0 aliphatic carbocycles. The van der Waals surface area contributed by atoms with Crippen molar-refractivity contribution in [1.82, 2.24) is 4.90 Å². The molecular formula is C15H14F3N3O3. The second-order valence-corrected chi connectivity index (χ2v) is 5.53. The van der Waals surface area contributed by atoms with Gasteiger partial charge in [-0.15, -0.1) is 0 Å². The molecule has 0 radical (unpaired) electrons. The van der Waals surface area contributed by atoms with Crippen LogP contribution in [0.2, 0.25) is 0 Å². The first-order chi connectivity index (χ1) is 11.1. The Morgan fingerprint density at radius 2 is 2.04 bits per heavy atom. The number of anilines is 1. The van der Waals surface area contributed by atoms with Gasteiger partial charge in [0.05, 0.1) is 30.9 Å². The molecule has 24 heavy (non-hydrogen) atoms. The van der Waals surface area contributed by atoms with E-state index in [9.17, 15) is 22.8 Å². The number of benzene rings is 1. The van der Waals surface area contributed by atoms with Crippen LogP contribution in [0.1, 0.15) is 18.1 Å². The summed E-state index contributed by atoms with van der Waals surface area (Å²) in [5.74, 6) is -0.675. The monoisotopic (exact) mass is 341 g/mol. The second-order valence-electron chi connectivity index (χ2n) is 5.53. The lowest BCUT2D eigenvalue weighted by atomic mass is 10.0. The molecule has 0 bridgehead atoms. The van der Waals surface area contributed by atoms with Crippen LogP contribution in [0.4, 0.5) is 23.7 Å². The van der Waals surface area contributed by atoms with Crippen molar-refractivity contribution in [2.24, 2.45) is 0 Å². The summed E-state index contributed by atoms with van der Waals surface area (Å²) in [6.45, 7) is 1.29. The highest BCUT2D eigenvalue weighted by Crippen LogP contribution is 2.37. The molecule has 1 aromatic rings. The molecule has 1 aromatic carbocycles. The van der Waals surface area contributed by atoms with Crippen molar-refractivity contribution in [2.75, 3.05) is 25.6 Å². The van der Waals surface area contributed by atoms with Crippen molar-refractivity contribution >= 4 is 17.7 Å². The Bertz CT molecular complexity index is 742. The van der Waals surface area contributed by atoms with Crippen molar-refractivity contribution < 1.29 is 27.5 Å². The molecule has 1 aliphatic heterocycles. The van der Waals surface area contributed by atoms with E-state index in [0.29, 0.717) is 0 Å². The number of methoxy groups -OCH3 is 1. The summed E-state index contributed by atoms with van der Waals surface area (Å²) in [7, 11) is 2.53. The van der Waals surface area contributed by atoms with Gasteiger partial charge in [0.1, 0.15) is 0 Å². The van der Waals surface area contributed by atoms with E-state index in [1.54, 1.807) is 0 Å². The SMILES string of the molecule is COC(=O)C1(C)CN(c2ccc(C#N)c(C(F)(F)F)c2)C(=O)N1C. The maximum absolute atomic E-state index is 13.1. The van der Waals surface area contributed by atoms with Gasteiger partial charge in [-0.1, -0.05) is 0 Å². The van der Waals surface area contributed by atoms with Crippen LogP contribution in [0.15, 0.2) is 18.2 Å². The smallest absolute Gasteiger partial charge is 0.417 e. The largest absolute Gasteiger partial charge is 0.467 e. The molecule has 1 aliphatic rings. The van der Waals surface area contributed by atoms with Crippen LogP contribution in [-0.4, -0.2) is 43.1 Å². The third-order valence-corrected chi connectivity index (χ3v) is 4.09. The van der Waals surface area contributed by atoms with Crippen LogP contribution >= 0.6 is 0 Å². The number of nitriles is 1. The molecular weight excluding hydrogens is 327 g/mol. The standard InChI is InChI=1S/C15H14F3N3O3/c1-14(12(22)24-3)8-21(13(23)20(14)2)10-5-4-9(7-19)11(6-10)15(16,17)18/h4-6H,8H2,1-3H3. The zero-order chi connectivity index (χ0) is 18.3. The van der Waals surface area contributed by atoms with Crippen LogP contribution < -0.4 is 4.90 Å². The lowest BCUT2D eigenvalue weighted by molar-refractivity contribution is -0.150. The molecule has 0 saturated carbocycles. The van der Waals surface area contributed by atoms with Crippen LogP contribution in [-0.2, 0) is 15.7 Å². The van der Waals surface area contributed by atoms with Gasteiger partial charge in [0.2, 0.25) is 0 Å². The highest BCUT2D eigenvalue weighted by molar-refractivity contribution is 6.01. The number of likely N-dealkylation sites (N-methyl/N-ethyl adjacent to an activating group) is 1. The number of halogens is 3. The van der Waals surface area contributed by atoms with Gasteiger partial charge in [0.25, 0.3) is 0 Å². The van der Waals surface area contributed by atoms with E-state index in [4.69, 9.17) is 5.26 Å². The zero-order valence-corrected chi connectivity index (χ0v) is 13.1. The van der Waals surface area contributed by atoms with E-state index in [1.807, 2.05) is 0 Å². The number of esters is 1. The topological polar surface area (TPSA) is 73.6 Å². The van der Waals surface area contributed by atoms with Crippen LogP contribution in [0.5, 0.6) is 0 Å². The molecule has 1 atom stereocenters. The van der Waals surface area contributed by atoms with Crippen LogP contribution in [0.25, 0.3) is 0 Å². The summed E-state index contributed by atoms with van der Waals surface area (Å²) in [4.78, 5) is 26.4.